The highest BCUT2D eigenvalue weighted by molar-refractivity contribution is 5.83. The van der Waals surface area contributed by atoms with Gasteiger partial charge in [0.25, 0.3) is 5.91 Å². The summed E-state index contributed by atoms with van der Waals surface area (Å²) in [5, 5.41) is 0. The number of hydrogen-bond acceptors (Lipinski definition) is 3. The molecule has 0 radical (unpaired) electrons. The number of nitrogens with one attached hydrogen (secondary N) is 2. The molecule has 1 atom stereocenters. The molecule has 4 nitrogen and oxygen atoms in total. The van der Waals surface area contributed by atoms with Crippen molar-refractivity contribution in [2.75, 3.05) is 5.43 Å². The fraction of sp³-hybridized carbons (Fsp3) is 0.458. The molecule has 0 heterocycles. The average molecular weight is 383 g/mol. The molecule has 0 saturated heterocycles. The molecule has 1 unspecified atom stereocenters. The third-order valence-corrected chi connectivity index (χ3v) is 5.74. The van der Waals surface area contributed by atoms with Gasteiger partial charge in [0, 0.05) is 5.41 Å². The van der Waals surface area contributed by atoms with E-state index in [0.29, 0.717) is 5.75 Å². The van der Waals surface area contributed by atoms with Gasteiger partial charge in [0.15, 0.2) is 6.10 Å². The zero-order valence-corrected chi connectivity index (χ0v) is 18.0. The molecule has 0 aliphatic heterocycles. The fourth-order valence-corrected chi connectivity index (χ4v) is 2.80. The Morgan fingerprint density at radius 3 is 2.07 bits per heavy atom. The summed E-state index contributed by atoms with van der Waals surface area (Å²) >= 11 is 0. The number of ether oxygens (including phenoxy) is 1. The molecule has 1 amide bonds. The zero-order valence-electron chi connectivity index (χ0n) is 18.0. The van der Waals surface area contributed by atoms with Gasteiger partial charge in [0.1, 0.15) is 5.75 Å². The second kappa shape index (κ2) is 9.13. The third kappa shape index (κ3) is 5.51. The van der Waals surface area contributed by atoms with E-state index in [4.69, 9.17) is 4.74 Å². The molecule has 0 fully saturated rings. The Hall–Kier alpha value is -2.49. The minimum absolute atomic E-state index is 0.123. The number of hydrogen-bond donors (Lipinski definition) is 2. The number of hydrazine groups is 1. The van der Waals surface area contributed by atoms with Gasteiger partial charge in [-0.3, -0.25) is 15.6 Å². The van der Waals surface area contributed by atoms with Crippen LogP contribution in [0.15, 0.2) is 54.6 Å². The van der Waals surface area contributed by atoms with E-state index in [1.54, 1.807) is 0 Å². The third-order valence-electron chi connectivity index (χ3n) is 5.74. The molecule has 0 aromatic heterocycles. The molecule has 0 aliphatic rings. The molecule has 2 rings (SSSR count). The van der Waals surface area contributed by atoms with Crippen LogP contribution in [0, 0.1) is 5.41 Å². The van der Waals surface area contributed by atoms with Crippen LogP contribution in [-0.4, -0.2) is 12.0 Å². The lowest BCUT2D eigenvalue weighted by Gasteiger charge is -2.33. The van der Waals surface area contributed by atoms with Crippen LogP contribution in [0.25, 0.3) is 0 Å². The smallest absolute Gasteiger partial charge is 0.279 e. The molecule has 152 valence electrons. The van der Waals surface area contributed by atoms with Crippen LogP contribution in [0.4, 0.5) is 5.69 Å². The summed E-state index contributed by atoms with van der Waals surface area (Å²) in [6.45, 7) is 12.8. The molecule has 2 aromatic rings. The quantitative estimate of drug-likeness (QED) is 0.547. The van der Waals surface area contributed by atoms with Crippen molar-refractivity contribution in [2.24, 2.45) is 5.41 Å². The molecule has 0 bridgehead atoms. The summed E-state index contributed by atoms with van der Waals surface area (Å²) in [5.41, 5.74) is 7.66. The van der Waals surface area contributed by atoms with Gasteiger partial charge in [-0.2, -0.15) is 0 Å². The van der Waals surface area contributed by atoms with Gasteiger partial charge >= 0.3 is 0 Å². The van der Waals surface area contributed by atoms with E-state index in [2.05, 4.69) is 50.7 Å². The number of carbonyl (C=O) groups is 1. The van der Waals surface area contributed by atoms with Crippen LogP contribution in [0.1, 0.15) is 59.9 Å². The molecule has 0 spiro atoms. The second-order valence-electron chi connectivity index (χ2n) is 8.58. The fourth-order valence-electron chi connectivity index (χ4n) is 2.80. The van der Waals surface area contributed by atoms with Crippen LogP contribution in [0.5, 0.6) is 5.75 Å². The molecule has 28 heavy (non-hydrogen) atoms. The first kappa shape index (κ1) is 21.8. The molecule has 2 N–H and O–H groups in total. The van der Waals surface area contributed by atoms with E-state index < -0.39 is 6.10 Å². The Labute approximate surface area is 169 Å². The SMILES string of the molecule is CCC(C)(C)c1ccc(OC(C(=O)NNc2ccccc2)C(C)(C)CC)cc1. The number of benzene rings is 2. The highest BCUT2D eigenvalue weighted by atomic mass is 16.5. The van der Waals surface area contributed by atoms with Gasteiger partial charge < -0.3 is 4.74 Å². The van der Waals surface area contributed by atoms with Gasteiger partial charge in [0.05, 0.1) is 5.69 Å². The van der Waals surface area contributed by atoms with Gasteiger partial charge in [-0.1, -0.05) is 71.9 Å². The van der Waals surface area contributed by atoms with Crippen molar-refractivity contribution < 1.29 is 9.53 Å². The maximum Gasteiger partial charge on any atom is 0.279 e. The Morgan fingerprint density at radius 2 is 1.54 bits per heavy atom. The van der Waals surface area contributed by atoms with E-state index in [-0.39, 0.29) is 16.7 Å². The van der Waals surface area contributed by atoms with Crippen LogP contribution in [0.2, 0.25) is 0 Å². The van der Waals surface area contributed by atoms with Crippen LogP contribution in [0.3, 0.4) is 0 Å². The predicted octanol–water partition coefficient (Wildman–Crippen LogP) is 5.70. The lowest BCUT2D eigenvalue weighted by molar-refractivity contribution is -0.132. The number of rotatable bonds is 9. The lowest BCUT2D eigenvalue weighted by Crippen LogP contribution is -2.49. The maximum atomic E-state index is 12.9. The lowest BCUT2D eigenvalue weighted by atomic mass is 9.82. The van der Waals surface area contributed by atoms with Gasteiger partial charge in [-0.15, -0.1) is 0 Å². The molecule has 0 aliphatic carbocycles. The van der Waals surface area contributed by atoms with Crippen molar-refractivity contribution in [3.05, 3.63) is 60.2 Å². The van der Waals surface area contributed by atoms with E-state index in [0.717, 1.165) is 18.5 Å². The topological polar surface area (TPSA) is 50.4 Å². The monoisotopic (exact) mass is 382 g/mol. The largest absolute Gasteiger partial charge is 0.480 e. The average Bonchev–Trinajstić information content (AvgIpc) is 2.71. The first-order chi connectivity index (χ1) is 13.2. The maximum absolute atomic E-state index is 12.9. The minimum Gasteiger partial charge on any atom is -0.480 e. The summed E-state index contributed by atoms with van der Waals surface area (Å²) in [6.07, 6.45) is 1.27. The van der Waals surface area contributed by atoms with E-state index in [1.165, 1.54) is 5.56 Å². The molecular formula is C24H34N2O2. The Balaban J connectivity index is 2.14. The van der Waals surface area contributed by atoms with Crippen LogP contribution in [-0.2, 0) is 10.2 Å². The number of para-hydroxylation sites is 1. The standard InChI is InChI=1S/C24H34N2O2/c1-7-23(3,4)18-14-16-20(17-15-18)28-21(24(5,6)8-2)22(27)26-25-19-12-10-9-11-13-19/h9-17,21,25H,7-8H2,1-6H3,(H,26,27). The van der Waals surface area contributed by atoms with Crippen molar-refractivity contribution in [1.82, 2.24) is 5.43 Å². The van der Waals surface area contributed by atoms with Crippen molar-refractivity contribution in [1.29, 1.82) is 0 Å². The van der Waals surface area contributed by atoms with Crippen molar-refractivity contribution in [3.63, 3.8) is 0 Å². The summed E-state index contributed by atoms with van der Waals surface area (Å²) in [6, 6.07) is 17.7. The molecular weight excluding hydrogens is 348 g/mol. The van der Waals surface area contributed by atoms with E-state index in [9.17, 15) is 4.79 Å². The van der Waals surface area contributed by atoms with Gasteiger partial charge in [0.2, 0.25) is 0 Å². The van der Waals surface area contributed by atoms with Crippen molar-refractivity contribution >= 4 is 11.6 Å². The highest BCUT2D eigenvalue weighted by Crippen LogP contribution is 2.31. The van der Waals surface area contributed by atoms with Crippen molar-refractivity contribution in [3.8, 4) is 5.75 Å². The molecule has 2 aromatic carbocycles. The van der Waals surface area contributed by atoms with Crippen LogP contribution < -0.4 is 15.6 Å². The Morgan fingerprint density at radius 1 is 0.929 bits per heavy atom. The summed E-state index contributed by atoms with van der Waals surface area (Å²) in [5.74, 6) is 0.519. The second-order valence-corrected chi connectivity index (χ2v) is 8.58. The number of amides is 1. The number of anilines is 1. The minimum atomic E-state index is -0.612. The van der Waals surface area contributed by atoms with E-state index >= 15 is 0 Å². The summed E-state index contributed by atoms with van der Waals surface area (Å²) in [4.78, 5) is 12.9. The van der Waals surface area contributed by atoms with Crippen LogP contribution >= 0.6 is 0 Å². The summed E-state index contributed by atoms with van der Waals surface area (Å²) < 4.78 is 6.17. The Bertz CT molecular complexity index is 752. The van der Waals surface area contributed by atoms with Gasteiger partial charge in [-0.25, -0.2) is 0 Å². The summed E-state index contributed by atoms with van der Waals surface area (Å²) in [7, 11) is 0. The Kier molecular flexibility index (Phi) is 7.11. The molecule has 4 heteroatoms. The highest BCUT2D eigenvalue weighted by Gasteiger charge is 2.36. The zero-order chi connectivity index (χ0) is 20.8. The molecule has 0 saturated carbocycles. The predicted molar refractivity (Wildman–Crippen MR) is 116 cm³/mol. The first-order valence-electron chi connectivity index (χ1n) is 10.1. The van der Waals surface area contributed by atoms with Gasteiger partial charge in [-0.05, 0) is 48.1 Å². The normalized spacial score (nSPS) is 12.9. The van der Waals surface area contributed by atoms with E-state index in [1.807, 2.05) is 56.3 Å². The first-order valence-corrected chi connectivity index (χ1v) is 10.1. The number of carbonyl (C=O) groups excluding carboxylic acids is 1. The van der Waals surface area contributed by atoms with Crippen molar-refractivity contribution in [2.45, 2.75) is 65.9 Å².